The Morgan fingerprint density at radius 2 is 2.36 bits per heavy atom. The van der Waals surface area contributed by atoms with Crippen LogP contribution in [0.4, 0.5) is 0 Å². The first-order valence-electron chi connectivity index (χ1n) is 4.63. The molecule has 14 heavy (non-hydrogen) atoms. The van der Waals surface area contributed by atoms with Crippen LogP contribution in [0.1, 0.15) is 28.6 Å². The number of carbonyl (C=O) groups is 1. The molecule has 0 fully saturated rings. The molecule has 0 amide bonds. The van der Waals surface area contributed by atoms with Gasteiger partial charge in [-0.25, -0.2) is 4.79 Å². The average molecular weight is 213 g/mol. The molecule has 0 spiro atoms. The molecular weight excluding hydrogens is 198 g/mol. The standard InChI is InChI=1S/C10H15NO2S/c1-3-5-11(2)7-8-4-6-14-9(8)10(12)13/h4,6H,3,5,7H2,1-2H3,(H,12,13). The van der Waals surface area contributed by atoms with Gasteiger partial charge in [0.25, 0.3) is 0 Å². The van der Waals surface area contributed by atoms with E-state index in [1.807, 2.05) is 18.5 Å². The lowest BCUT2D eigenvalue weighted by atomic mass is 10.2. The van der Waals surface area contributed by atoms with Crippen LogP contribution in [0.2, 0.25) is 0 Å². The lowest BCUT2D eigenvalue weighted by molar-refractivity contribution is 0.0700. The minimum atomic E-state index is -0.820. The van der Waals surface area contributed by atoms with Gasteiger partial charge in [-0.15, -0.1) is 11.3 Å². The lowest BCUT2D eigenvalue weighted by Crippen LogP contribution is -2.19. The highest BCUT2D eigenvalue weighted by atomic mass is 32.1. The lowest BCUT2D eigenvalue weighted by Gasteiger charge is -2.14. The molecule has 1 aromatic heterocycles. The van der Waals surface area contributed by atoms with Gasteiger partial charge in [0.1, 0.15) is 4.88 Å². The Morgan fingerprint density at radius 3 is 2.93 bits per heavy atom. The monoisotopic (exact) mass is 213 g/mol. The predicted molar refractivity (Wildman–Crippen MR) is 57.9 cm³/mol. The minimum absolute atomic E-state index is 0.466. The van der Waals surface area contributed by atoms with Crippen molar-refractivity contribution >= 4 is 17.3 Å². The third-order valence-electron chi connectivity index (χ3n) is 1.99. The van der Waals surface area contributed by atoms with Gasteiger partial charge in [0, 0.05) is 6.54 Å². The molecule has 1 rings (SSSR count). The van der Waals surface area contributed by atoms with Gasteiger partial charge in [-0.2, -0.15) is 0 Å². The van der Waals surface area contributed by atoms with Crippen LogP contribution in [0.3, 0.4) is 0 Å². The molecule has 3 nitrogen and oxygen atoms in total. The molecule has 0 aliphatic rings. The zero-order valence-corrected chi connectivity index (χ0v) is 9.30. The van der Waals surface area contributed by atoms with Gasteiger partial charge in [0.2, 0.25) is 0 Å². The molecule has 0 saturated heterocycles. The van der Waals surface area contributed by atoms with E-state index in [2.05, 4.69) is 11.8 Å². The van der Waals surface area contributed by atoms with Crippen LogP contribution in [-0.4, -0.2) is 29.6 Å². The van der Waals surface area contributed by atoms with Gasteiger partial charge in [0.05, 0.1) is 0 Å². The van der Waals surface area contributed by atoms with Crippen LogP contribution >= 0.6 is 11.3 Å². The number of rotatable bonds is 5. The van der Waals surface area contributed by atoms with E-state index >= 15 is 0 Å². The maximum absolute atomic E-state index is 10.8. The molecule has 0 unspecified atom stereocenters. The SMILES string of the molecule is CCCN(C)Cc1ccsc1C(=O)O. The zero-order valence-electron chi connectivity index (χ0n) is 8.49. The minimum Gasteiger partial charge on any atom is -0.477 e. The van der Waals surface area contributed by atoms with Gasteiger partial charge < -0.3 is 10.0 Å². The van der Waals surface area contributed by atoms with Crippen molar-refractivity contribution in [2.75, 3.05) is 13.6 Å². The second kappa shape index (κ2) is 5.12. The molecule has 0 bridgehead atoms. The van der Waals surface area contributed by atoms with E-state index in [0.717, 1.165) is 25.1 Å². The van der Waals surface area contributed by atoms with Gasteiger partial charge in [-0.1, -0.05) is 6.92 Å². The first-order valence-corrected chi connectivity index (χ1v) is 5.51. The van der Waals surface area contributed by atoms with E-state index in [4.69, 9.17) is 5.11 Å². The first kappa shape index (κ1) is 11.2. The number of hydrogen-bond donors (Lipinski definition) is 1. The van der Waals surface area contributed by atoms with E-state index in [0.29, 0.717) is 4.88 Å². The molecule has 1 N–H and O–H groups in total. The fourth-order valence-electron chi connectivity index (χ4n) is 1.40. The summed E-state index contributed by atoms with van der Waals surface area (Å²) < 4.78 is 0. The van der Waals surface area contributed by atoms with Crippen molar-refractivity contribution in [3.63, 3.8) is 0 Å². The summed E-state index contributed by atoms with van der Waals surface area (Å²) >= 11 is 1.29. The summed E-state index contributed by atoms with van der Waals surface area (Å²) in [6, 6.07) is 1.89. The van der Waals surface area contributed by atoms with Crippen LogP contribution in [0, 0.1) is 0 Å². The van der Waals surface area contributed by atoms with Gasteiger partial charge in [0.15, 0.2) is 0 Å². The fourth-order valence-corrected chi connectivity index (χ4v) is 2.15. The smallest absolute Gasteiger partial charge is 0.346 e. The third-order valence-corrected chi connectivity index (χ3v) is 2.93. The molecule has 1 heterocycles. The number of aromatic carboxylic acids is 1. The van der Waals surface area contributed by atoms with E-state index in [1.165, 1.54) is 11.3 Å². The Balaban J connectivity index is 2.66. The average Bonchev–Trinajstić information content (AvgIpc) is 2.52. The Labute approximate surface area is 88.0 Å². The van der Waals surface area contributed by atoms with Crippen molar-refractivity contribution < 1.29 is 9.90 Å². The van der Waals surface area contributed by atoms with Crippen LogP contribution in [0.25, 0.3) is 0 Å². The highest BCUT2D eigenvalue weighted by molar-refractivity contribution is 7.12. The summed E-state index contributed by atoms with van der Waals surface area (Å²) in [6.07, 6.45) is 1.09. The molecule has 78 valence electrons. The summed E-state index contributed by atoms with van der Waals surface area (Å²) in [7, 11) is 2.01. The van der Waals surface area contributed by atoms with Crippen LogP contribution in [0.5, 0.6) is 0 Å². The predicted octanol–water partition coefficient (Wildman–Crippen LogP) is 2.29. The molecular formula is C10H15NO2S. The summed E-state index contributed by atoms with van der Waals surface area (Å²) in [5.74, 6) is -0.820. The maximum atomic E-state index is 10.8. The summed E-state index contributed by atoms with van der Waals surface area (Å²) in [6.45, 7) is 3.83. The third kappa shape index (κ3) is 2.82. The summed E-state index contributed by atoms with van der Waals surface area (Å²) in [5.41, 5.74) is 0.915. The first-order chi connectivity index (χ1) is 6.65. The Bertz CT molecular complexity index is 309. The second-order valence-electron chi connectivity index (χ2n) is 3.32. The van der Waals surface area contributed by atoms with E-state index in [9.17, 15) is 4.79 Å². The molecule has 0 saturated carbocycles. The Hall–Kier alpha value is -0.870. The number of carboxylic acid groups (broad SMARTS) is 1. The number of nitrogens with zero attached hydrogens (tertiary/aromatic N) is 1. The zero-order chi connectivity index (χ0) is 10.6. The maximum Gasteiger partial charge on any atom is 0.346 e. The van der Waals surface area contributed by atoms with Crippen molar-refractivity contribution in [1.29, 1.82) is 0 Å². The normalized spacial score (nSPS) is 10.8. The van der Waals surface area contributed by atoms with Crippen molar-refractivity contribution in [2.24, 2.45) is 0 Å². The topological polar surface area (TPSA) is 40.5 Å². The largest absolute Gasteiger partial charge is 0.477 e. The van der Waals surface area contributed by atoms with Crippen molar-refractivity contribution in [3.05, 3.63) is 21.9 Å². The molecule has 1 aromatic rings. The molecule has 0 radical (unpaired) electrons. The van der Waals surface area contributed by atoms with Crippen LogP contribution in [-0.2, 0) is 6.54 Å². The second-order valence-corrected chi connectivity index (χ2v) is 4.23. The van der Waals surface area contributed by atoms with Crippen LogP contribution in [0.15, 0.2) is 11.4 Å². The summed E-state index contributed by atoms with van der Waals surface area (Å²) in [4.78, 5) is 13.4. The molecule has 0 aromatic carbocycles. The molecule has 0 atom stereocenters. The Morgan fingerprint density at radius 1 is 1.64 bits per heavy atom. The number of carboxylic acids is 1. The van der Waals surface area contributed by atoms with Crippen molar-refractivity contribution in [2.45, 2.75) is 19.9 Å². The molecule has 0 aliphatic heterocycles. The van der Waals surface area contributed by atoms with E-state index in [-0.39, 0.29) is 0 Å². The highest BCUT2D eigenvalue weighted by Crippen LogP contribution is 2.18. The van der Waals surface area contributed by atoms with Gasteiger partial charge >= 0.3 is 5.97 Å². The highest BCUT2D eigenvalue weighted by Gasteiger charge is 2.12. The quantitative estimate of drug-likeness (QED) is 0.815. The van der Waals surface area contributed by atoms with Crippen molar-refractivity contribution in [3.8, 4) is 0 Å². The van der Waals surface area contributed by atoms with Gasteiger partial charge in [-0.3, -0.25) is 0 Å². The Kier molecular flexibility index (Phi) is 4.10. The summed E-state index contributed by atoms with van der Waals surface area (Å²) in [5, 5.41) is 10.7. The van der Waals surface area contributed by atoms with Crippen molar-refractivity contribution in [1.82, 2.24) is 4.90 Å². The van der Waals surface area contributed by atoms with E-state index in [1.54, 1.807) is 0 Å². The molecule has 4 heteroatoms. The van der Waals surface area contributed by atoms with Gasteiger partial charge in [-0.05, 0) is 37.0 Å². The number of hydrogen-bond acceptors (Lipinski definition) is 3. The van der Waals surface area contributed by atoms with Crippen LogP contribution < -0.4 is 0 Å². The van der Waals surface area contributed by atoms with E-state index < -0.39 is 5.97 Å². The number of thiophene rings is 1. The molecule has 0 aliphatic carbocycles. The fraction of sp³-hybridized carbons (Fsp3) is 0.500.